The summed E-state index contributed by atoms with van der Waals surface area (Å²) in [4.78, 5) is 0. The standard InChI is InChI=1S/C35H50/c1-23(2)9-8-10-24(3)31-15-16-32-30-14-13-29-21-27-19-25-11-6-7-12-26(25)20-28(27)22-35(29,5)33(30)17-18-34(31,32)4/h6-7,11-12,19-20,23-24,29-33H,8-10,13-18,21-22H2,1-5H3/t24-,29+,30+,31-,32+,33+,34-,35+/m1/s1. The van der Waals surface area contributed by atoms with Crippen molar-refractivity contribution in [3.05, 3.63) is 47.5 Å². The molecule has 0 radical (unpaired) electrons. The first-order valence-corrected chi connectivity index (χ1v) is 15.3. The summed E-state index contributed by atoms with van der Waals surface area (Å²) in [5.41, 5.74) is 4.48. The van der Waals surface area contributed by atoms with E-state index in [-0.39, 0.29) is 0 Å². The Labute approximate surface area is 215 Å². The smallest absolute Gasteiger partial charge is 0.0181 e. The van der Waals surface area contributed by atoms with E-state index >= 15 is 0 Å². The van der Waals surface area contributed by atoms with Crippen LogP contribution in [0.4, 0.5) is 0 Å². The van der Waals surface area contributed by atoms with Gasteiger partial charge in [0.05, 0.1) is 0 Å². The molecule has 0 N–H and O–H groups in total. The van der Waals surface area contributed by atoms with E-state index in [1.54, 1.807) is 11.1 Å². The van der Waals surface area contributed by atoms with Crippen LogP contribution in [0.1, 0.15) is 104 Å². The molecule has 6 rings (SSSR count). The topological polar surface area (TPSA) is 0 Å². The van der Waals surface area contributed by atoms with Crippen LogP contribution in [0.5, 0.6) is 0 Å². The lowest BCUT2D eigenvalue weighted by Crippen LogP contribution is -2.54. The molecule has 0 bridgehead atoms. The zero-order chi connectivity index (χ0) is 24.4. The molecule has 0 aliphatic heterocycles. The number of hydrogen-bond donors (Lipinski definition) is 0. The Bertz CT molecular complexity index is 1060. The van der Waals surface area contributed by atoms with E-state index < -0.39 is 0 Å². The Morgan fingerprint density at radius 3 is 2.26 bits per heavy atom. The van der Waals surface area contributed by atoms with Gasteiger partial charge in [0.15, 0.2) is 0 Å². The minimum absolute atomic E-state index is 0.515. The van der Waals surface area contributed by atoms with Crippen molar-refractivity contribution < 1.29 is 0 Å². The van der Waals surface area contributed by atoms with Gasteiger partial charge >= 0.3 is 0 Å². The van der Waals surface area contributed by atoms with Crippen molar-refractivity contribution in [3.8, 4) is 0 Å². The Hall–Kier alpha value is -1.30. The molecule has 0 saturated heterocycles. The molecule has 0 aromatic heterocycles. The molecule has 35 heavy (non-hydrogen) atoms. The van der Waals surface area contributed by atoms with Crippen molar-refractivity contribution in [2.24, 2.45) is 52.3 Å². The van der Waals surface area contributed by atoms with Gasteiger partial charge in [0.2, 0.25) is 0 Å². The van der Waals surface area contributed by atoms with Crippen molar-refractivity contribution in [2.45, 2.75) is 105 Å². The molecule has 0 spiro atoms. The maximum atomic E-state index is 2.75. The minimum Gasteiger partial charge on any atom is -0.0628 e. The first-order valence-electron chi connectivity index (χ1n) is 15.3. The Morgan fingerprint density at radius 2 is 1.51 bits per heavy atom. The Kier molecular flexibility index (Phi) is 6.13. The third-order valence-electron chi connectivity index (χ3n) is 12.4. The van der Waals surface area contributed by atoms with E-state index in [9.17, 15) is 0 Å². The summed E-state index contributed by atoms with van der Waals surface area (Å²) in [6.07, 6.45) is 16.0. The molecule has 2 aromatic carbocycles. The van der Waals surface area contributed by atoms with Crippen LogP contribution >= 0.6 is 0 Å². The molecule has 2 aromatic rings. The van der Waals surface area contributed by atoms with Gasteiger partial charge in [0.25, 0.3) is 0 Å². The average molecular weight is 471 g/mol. The second kappa shape index (κ2) is 8.92. The molecule has 0 unspecified atom stereocenters. The molecule has 4 aliphatic rings. The van der Waals surface area contributed by atoms with Gasteiger partial charge in [-0.05, 0) is 126 Å². The van der Waals surface area contributed by atoms with Crippen molar-refractivity contribution in [2.75, 3.05) is 0 Å². The average Bonchev–Trinajstić information content (AvgIpc) is 3.18. The second-order valence-corrected chi connectivity index (χ2v) is 14.5. The third-order valence-corrected chi connectivity index (χ3v) is 12.4. The van der Waals surface area contributed by atoms with Crippen molar-refractivity contribution in [1.82, 2.24) is 0 Å². The van der Waals surface area contributed by atoms with Crippen molar-refractivity contribution in [3.63, 3.8) is 0 Å². The van der Waals surface area contributed by atoms with E-state index in [4.69, 9.17) is 0 Å². The molecule has 4 aliphatic carbocycles. The van der Waals surface area contributed by atoms with Gasteiger partial charge in [0, 0.05) is 0 Å². The number of hydrogen-bond acceptors (Lipinski definition) is 0. The van der Waals surface area contributed by atoms with E-state index in [0.717, 1.165) is 41.4 Å². The fourth-order valence-electron chi connectivity index (χ4n) is 10.5. The van der Waals surface area contributed by atoms with Gasteiger partial charge in [-0.3, -0.25) is 0 Å². The van der Waals surface area contributed by atoms with Crippen LogP contribution in [-0.2, 0) is 12.8 Å². The predicted octanol–water partition coefficient (Wildman–Crippen LogP) is 9.88. The molecule has 8 atom stereocenters. The first kappa shape index (κ1) is 24.1. The lowest BCUT2D eigenvalue weighted by molar-refractivity contribution is -0.103. The van der Waals surface area contributed by atoms with Crippen molar-refractivity contribution >= 4 is 10.8 Å². The zero-order valence-corrected chi connectivity index (χ0v) is 23.3. The molecule has 3 fully saturated rings. The van der Waals surface area contributed by atoms with E-state index in [0.29, 0.717) is 10.8 Å². The predicted molar refractivity (Wildman–Crippen MR) is 151 cm³/mol. The monoisotopic (exact) mass is 470 g/mol. The number of benzene rings is 2. The van der Waals surface area contributed by atoms with Crippen LogP contribution in [0, 0.1) is 52.3 Å². The van der Waals surface area contributed by atoms with Crippen LogP contribution in [-0.4, -0.2) is 0 Å². The molecule has 0 heterocycles. The largest absolute Gasteiger partial charge is 0.0628 e. The maximum Gasteiger partial charge on any atom is -0.0181 e. The maximum absolute atomic E-state index is 2.75. The first-order chi connectivity index (χ1) is 16.8. The number of fused-ring (bicyclic) bond motifs is 7. The highest BCUT2D eigenvalue weighted by Gasteiger charge is 2.60. The summed E-state index contributed by atoms with van der Waals surface area (Å²) in [5.74, 6) is 6.59. The molecule has 0 nitrogen and oxygen atoms in total. The lowest BCUT2D eigenvalue weighted by atomic mass is 9.44. The minimum atomic E-state index is 0.515. The van der Waals surface area contributed by atoms with Gasteiger partial charge in [0.1, 0.15) is 0 Å². The SMILES string of the molecule is CC(C)CCC[C@@H](C)[C@H]1CC[C@H]2[C@@H]3CC[C@H]4Cc5cc6ccccc6cc5C[C@]4(C)[C@H]3CC[C@]12C. The Morgan fingerprint density at radius 1 is 0.800 bits per heavy atom. The molecule has 3 saturated carbocycles. The van der Waals surface area contributed by atoms with Gasteiger partial charge in [-0.15, -0.1) is 0 Å². The van der Waals surface area contributed by atoms with Crippen LogP contribution in [0.25, 0.3) is 10.8 Å². The summed E-state index contributed by atoms with van der Waals surface area (Å²) in [5, 5.41) is 2.89. The molecule has 190 valence electrons. The molecule has 0 heteroatoms. The van der Waals surface area contributed by atoms with Gasteiger partial charge in [-0.2, -0.15) is 0 Å². The summed E-state index contributed by atoms with van der Waals surface area (Å²) < 4.78 is 0. The molecular formula is C35H50. The second-order valence-electron chi connectivity index (χ2n) is 14.5. The third kappa shape index (κ3) is 3.92. The fourth-order valence-corrected chi connectivity index (χ4v) is 10.5. The summed E-state index contributed by atoms with van der Waals surface area (Å²) >= 11 is 0. The zero-order valence-electron chi connectivity index (χ0n) is 23.3. The van der Waals surface area contributed by atoms with E-state index in [2.05, 4.69) is 71.0 Å². The molecular weight excluding hydrogens is 420 g/mol. The van der Waals surface area contributed by atoms with Crippen molar-refractivity contribution in [1.29, 1.82) is 0 Å². The van der Waals surface area contributed by atoms with Crippen LogP contribution in [0.15, 0.2) is 36.4 Å². The fraction of sp³-hybridized carbons (Fsp3) is 0.714. The van der Waals surface area contributed by atoms with Crippen LogP contribution in [0.3, 0.4) is 0 Å². The van der Waals surface area contributed by atoms with Gasteiger partial charge in [-0.25, -0.2) is 0 Å². The highest BCUT2D eigenvalue weighted by molar-refractivity contribution is 5.84. The summed E-state index contributed by atoms with van der Waals surface area (Å²) in [6, 6.07) is 14.1. The van der Waals surface area contributed by atoms with Crippen LogP contribution in [0.2, 0.25) is 0 Å². The quantitative estimate of drug-likeness (QED) is 0.408. The summed E-state index contributed by atoms with van der Waals surface area (Å²) in [7, 11) is 0. The molecule has 0 amide bonds. The summed E-state index contributed by atoms with van der Waals surface area (Å²) in [6.45, 7) is 12.9. The highest BCUT2D eigenvalue weighted by atomic mass is 14.6. The van der Waals surface area contributed by atoms with E-state index in [1.807, 2.05) is 0 Å². The van der Waals surface area contributed by atoms with Gasteiger partial charge < -0.3 is 0 Å². The normalized spacial score (nSPS) is 39.1. The van der Waals surface area contributed by atoms with Crippen LogP contribution < -0.4 is 0 Å². The Balaban J connectivity index is 1.23. The van der Waals surface area contributed by atoms with E-state index in [1.165, 1.54) is 81.4 Å². The lowest BCUT2D eigenvalue weighted by Gasteiger charge is -2.61. The highest BCUT2D eigenvalue weighted by Crippen LogP contribution is 2.68. The number of rotatable bonds is 5. The van der Waals surface area contributed by atoms with Gasteiger partial charge in [-0.1, -0.05) is 90.3 Å².